The van der Waals surface area contributed by atoms with E-state index in [0.29, 0.717) is 28.3 Å². The molecule has 26 heavy (non-hydrogen) atoms. The number of benzene rings is 1. The Morgan fingerprint density at radius 1 is 1.15 bits per heavy atom. The fourth-order valence-electron chi connectivity index (χ4n) is 3.48. The molecule has 1 heterocycles. The summed E-state index contributed by atoms with van der Waals surface area (Å²) in [6.07, 6.45) is 3.83. The lowest BCUT2D eigenvalue weighted by atomic mass is 9.94. The molecule has 1 saturated carbocycles. The SMILES string of the molecule is COc1ccc(OC)c([C@@H]2NC(=O)NC(C)=C2C(=O)OC2CCCC2)c1. The second-order valence-electron chi connectivity index (χ2n) is 6.49. The van der Waals surface area contributed by atoms with E-state index < -0.39 is 12.0 Å². The Bertz CT molecular complexity index is 737. The van der Waals surface area contributed by atoms with Crippen molar-refractivity contribution in [3.8, 4) is 11.5 Å². The molecule has 140 valence electrons. The number of amides is 2. The number of allylic oxidation sites excluding steroid dienone is 1. The summed E-state index contributed by atoms with van der Waals surface area (Å²) < 4.78 is 16.4. The highest BCUT2D eigenvalue weighted by Crippen LogP contribution is 2.36. The quantitative estimate of drug-likeness (QED) is 0.789. The van der Waals surface area contributed by atoms with Crippen LogP contribution in [0, 0.1) is 0 Å². The Hall–Kier alpha value is -2.70. The minimum absolute atomic E-state index is 0.0618. The molecular weight excluding hydrogens is 336 g/mol. The highest BCUT2D eigenvalue weighted by molar-refractivity contribution is 5.95. The Kier molecular flexibility index (Phi) is 5.35. The van der Waals surface area contributed by atoms with Crippen LogP contribution in [0.5, 0.6) is 11.5 Å². The molecule has 1 aromatic rings. The Morgan fingerprint density at radius 2 is 1.88 bits per heavy atom. The molecule has 0 bridgehead atoms. The molecule has 0 spiro atoms. The summed E-state index contributed by atoms with van der Waals surface area (Å²) in [5, 5.41) is 5.46. The lowest BCUT2D eigenvalue weighted by molar-refractivity contribution is -0.144. The molecule has 0 saturated heterocycles. The van der Waals surface area contributed by atoms with Gasteiger partial charge < -0.3 is 24.8 Å². The summed E-state index contributed by atoms with van der Waals surface area (Å²) in [4.78, 5) is 24.9. The van der Waals surface area contributed by atoms with E-state index in [4.69, 9.17) is 14.2 Å². The summed E-state index contributed by atoms with van der Waals surface area (Å²) in [6, 6.07) is 4.21. The van der Waals surface area contributed by atoms with Crippen molar-refractivity contribution in [1.29, 1.82) is 0 Å². The number of ether oxygens (including phenoxy) is 3. The smallest absolute Gasteiger partial charge is 0.338 e. The number of carbonyl (C=O) groups excluding carboxylic acids is 2. The van der Waals surface area contributed by atoms with Gasteiger partial charge in [-0.05, 0) is 50.8 Å². The number of hydrogen-bond donors (Lipinski definition) is 2. The summed E-state index contributed by atoms with van der Waals surface area (Å²) in [6.45, 7) is 1.70. The van der Waals surface area contributed by atoms with E-state index in [2.05, 4.69) is 10.6 Å². The van der Waals surface area contributed by atoms with Crippen LogP contribution < -0.4 is 20.1 Å². The van der Waals surface area contributed by atoms with Crippen molar-refractivity contribution in [3.63, 3.8) is 0 Å². The average Bonchev–Trinajstić information content (AvgIpc) is 3.13. The van der Waals surface area contributed by atoms with Crippen molar-refractivity contribution in [2.75, 3.05) is 14.2 Å². The van der Waals surface area contributed by atoms with E-state index in [1.165, 1.54) is 0 Å². The number of nitrogens with one attached hydrogen (secondary N) is 2. The molecule has 1 aromatic carbocycles. The fourth-order valence-corrected chi connectivity index (χ4v) is 3.48. The number of methoxy groups -OCH3 is 2. The van der Waals surface area contributed by atoms with Gasteiger partial charge in [-0.15, -0.1) is 0 Å². The number of esters is 1. The van der Waals surface area contributed by atoms with Crippen LogP contribution in [0.25, 0.3) is 0 Å². The van der Waals surface area contributed by atoms with Gasteiger partial charge in [0.05, 0.1) is 25.8 Å². The maximum Gasteiger partial charge on any atom is 0.338 e. The van der Waals surface area contributed by atoms with Gasteiger partial charge in [0.25, 0.3) is 0 Å². The predicted molar refractivity (Wildman–Crippen MR) is 95.0 cm³/mol. The van der Waals surface area contributed by atoms with Crippen LogP contribution in [0.3, 0.4) is 0 Å². The lowest BCUT2D eigenvalue weighted by Gasteiger charge is -2.29. The van der Waals surface area contributed by atoms with Gasteiger partial charge in [0.15, 0.2) is 0 Å². The van der Waals surface area contributed by atoms with Crippen LogP contribution in [0.15, 0.2) is 29.5 Å². The zero-order valence-electron chi connectivity index (χ0n) is 15.3. The molecule has 0 aromatic heterocycles. The summed E-state index contributed by atoms with van der Waals surface area (Å²) in [5.74, 6) is 0.739. The fraction of sp³-hybridized carbons (Fsp3) is 0.474. The normalized spacial score (nSPS) is 20.4. The van der Waals surface area contributed by atoms with Gasteiger partial charge >= 0.3 is 12.0 Å². The molecule has 7 heteroatoms. The first-order chi connectivity index (χ1) is 12.5. The van der Waals surface area contributed by atoms with E-state index in [0.717, 1.165) is 25.7 Å². The molecule has 1 fully saturated rings. The molecule has 1 aliphatic carbocycles. The van der Waals surface area contributed by atoms with Crippen molar-refractivity contribution in [2.45, 2.75) is 44.8 Å². The minimum atomic E-state index is -0.678. The van der Waals surface area contributed by atoms with Gasteiger partial charge in [0, 0.05) is 11.3 Å². The van der Waals surface area contributed by atoms with E-state index in [-0.39, 0.29) is 12.1 Å². The van der Waals surface area contributed by atoms with Gasteiger partial charge in [0.1, 0.15) is 17.6 Å². The molecule has 0 unspecified atom stereocenters. The first kappa shape index (κ1) is 18.1. The summed E-state index contributed by atoms with van der Waals surface area (Å²) in [5.41, 5.74) is 1.49. The van der Waals surface area contributed by atoms with E-state index in [1.54, 1.807) is 39.3 Å². The first-order valence-corrected chi connectivity index (χ1v) is 8.74. The standard InChI is InChI=1S/C19H24N2O5/c1-11-16(18(22)26-12-6-4-5-7-12)17(21-19(23)20-11)14-10-13(24-2)8-9-15(14)25-3/h8-10,12,17H,4-7H2,1-3H3,(H2,20,21,23)/t17-/m0/s1. The summed E-state index contributed by atoms with van der Waals surface area (Å²) >= 11 is 0. The second-order valence-corrected chi connectivity index (χ2v) is 6.49. The van der Waals surface area contributed by atoms with Gasteiger partial charge in [-0.3, -0.25) is 0 Å². The second kappa shape index (κ2) is 7.68. The van der Waals surface area contributed by atoms with Gasteiger partial charge in [-0.1, -0.05) is 0 Å². The molecule has 1 atom stereocenters. The van der Waals surface area contributed by atoms with Crippen LogP contribution >= 0.6 is 0 Å². The monoisotopic (exact) mass is 360 g/mol. The summed E-state index contributed by atoms with van der Waals surface area (Å²) in [7, 11) is 3.10. The van der Waals surface area contributed by atoms with Crippen LogP contribution in [0.2, 0.25) is 0 Å². The Labute approximate surface area is 152 Å². The Morgan fingerprint density at radius 3 is 2.54 bits per heavy atom. The van der Waals surface area contributed by atoms with Gasteiger partial charge in [0.2, 0.25) is 0 Å². The van der Waals surface area contributed by atoms with Crippen molar-refractivity contribution in [1.82, 2.24) is 10.6 Å². The molecule has 0 radical (unpaired) electrons. The molecular formula is C19H24N2O5. The molecule has 7 nitrogen and oxygen atoms in total. The maximum atomic E-state index is 12.9. The third kappa shape index (κ3) is 3.61. The van der Waals surface area contributed by atoms with Gasteiger partial charge in [-0.25, -0.2) is 9.59 Å². The van der Waals surface area contributed by atoms with Crippen molar-refractivity contribution in [2.24, 2.45) is 0 Å². The highest BCUT2D eigenvalue weighted by atomic mass is 16.5. The topological polar surface area (TPSA) is 85.9 Å². The minimum Gasteiger partial charge on any atom is -0.497 e. The van der Waals surface area contributed by atoms with Crippen LogP contribution in [-0.4, -0.2) is 32.3 Å². The van der Waals surface area contributed by atoms with Crippen LogP contribution in [-0.2, 0) is 9.53 Å². The maximum absolute atomic E-state index is 12.9. The Balaban J connectivity index is 1.98. The average molecular weight is 360 g/mol. The first-order valence-electron chi connectivity index (χ1n) is 8.74. The third-order valence-corrected chi connectivity index (χ3v) is 4.81. The van der Waals surface area contributed by atoms with Crippen LogP contribution in [0.4, 0.5) is 4.79 Å². The highest BCUT2D eigenvalue weighted by Gasteiger charge is 2.35. The largest absolute Gasteiger partial charge is 0.497 e. The number of carbonyl (C=O) groups is 2. The van der Waals surface area contributed by atoms with Crippen molar-refractivity contribution in [3.05, 3.63) is 35.0 Å². The lowest BCUT2D eigenvalue weighted by Crippen LogP contribution is -2.45. The van der Waals surface area contributed by atoms with Crippen molar-refractivity contribution >= 4 is 12.0 Å². The molecule has 1 aliphatic heterocycles. The molecule has 2 amide bonds. The number of urea groups is 1. The van der Waals surface area contributed by atoms with Crippen LogP contribution in [0.1, 0.15) is 44.2 Å². The zero-order valence-corrected chi connectivity index (χ0v) is 15.3. The van der Waals surface area contributed by atoms with E-state index in [1.807, 2.05) is 0 Å². The number of rotatable bonds is 5. The molecule has 2 N–H and O–H groups in total. The number of hydrogen-bond acceptors (Lipinski definition) is 5. The zero-order chi connectivity index (χ0) is 18.7. The molecule has 2 aliphatic rings. The molecule has 3 rings (SSSR count). The van der Waals surface area contributed by atoms with E-state index >= 15 is 0 Å². The van der Waals surface area contributed by atoms with E-state index in [9.17, 15) is 9.59 Å². The predicted octanol–water partition coefficient (Wildman–Crippen LogP) is 2.82. The van der Waals surface area contributed by atoms with Crippen molar-refractivity contribution < 1.29 is 23.8 Å². The third-order valence-electron chi connectivity index (χ3n) is 4.81. The van der Waals surface area contributed by atoms with Gasteiger partial charge in [-0.2, -0.15) is 0 Å².